The maximum Gasteiger partial charge on any atom is 0.338 e. The smallest absolute Gasteiger partial charge is 0.338 e. The molecular formula is C11H12FNO2. The van der Waals surface area contributed by atoms with Crippen LogP contribution in [0.4, 0.5) is 10.1 Å². The summed E-state index contributed by atoms with van der Waals surface area (Å²) in [7, 11) is 0. The van der Waals surface area contributed by atoms with Crippen molar-refractivity contribution in [1.82, 2.24) is 0 Å². The predicted octanol–water partition coefficient (Wildman–Crippen LogP) is 2.35. The first kappa shape index (κ1) is 9.96. The molecular weight excluding hydrogens is 197 g/mol. The molecule has 4 heteroatoms. The van der Waals surface area contributed by atoms with Gasteiger partial charge in [0, 0.05) is 12.2 Å². The van der Waals surface area contributed by atoms with Crippen molar-refractivity contribution in [1.29, 1.82) is 0 Å². The van der Waals surface area contributed by atoms with Crippen molar-refractivity contribution in [3.63, 3.8) is 0 Å². The SMILES string of the molecule is O=C(O)c1ccc(NCC2CC2)cc1F. The maximum absolute atomic E-state index is 13.2. The molecule has 2 rings (SSSR count). The van der Waals surface area contributed by atoms with Crippen LogP contribution in [0.5, 0.6) is 0 Å². The quantitative estimate of drug-likeness (QED) is 0.800. The second-order valence-electron chi connectivity index (χ2n) is 3.82. The van der Waals surface area contributed by atoms with E-state index in [2.05, 4.69) is 5.32 Å². The van der Waals surface area contributed by atoms with Gasteiger partial charge >= 0.3 is 5.97 Å². The Morgan fingerprint density at radius 1 is 1.53 bits per heavy atom. The largest absolute Gasteiger partial charge is 0.478 e. The second-order valence-corrected chi connectivity index (χ2v) is 3.82. The van der Waals surface area contributed by atoms with Gasteiger partial charge in [-0.2, -0.15) is 0 Å². The van der Waals surface area contributed by atoms with Gasteiger partial charge in [0.05, 0.1) is 5.56 Å². The van der Waals surface area contributed by atoms with Crippen LogP contribution in [0.1, 0.15) is 23.2 Å². The normalized spacial score (nSPS) is 15.0. The zero-order chi connectivity index (χ0) is 10.8. The van der Waals surface area contributed by atoms with Crippen LogP contribution in [0.15, 0.2) is 18.2 Å². The molecule has 80 valence electrons. The molecule has 0 aliphatic heterocycles. The molecule has 0 atom stereocenters. The minimum Gasteiger partial charge on any atom is -0.478 e. The number of carbonyl (C=O) groups is 1. The number of nitrogens with one attached hydrogen (secondary N) is 1. The molecule has 1 fully saturated rings. The van der Waals surface area contributed by atoms with Crippen LogP contribution >= 0.6 is 0 Å². The summed E-state index contributed by atoms with van der Waals surface area (Å²) in [4.78, 5) is 10.5. The minimum atomic E-state index is -1.23. The number of carboxylic acids is 1. The Bertz CT molecular complexity index is 388. The predicted molar refractivity (Wildman–Crippen MR) is 54.6 cm³/mol. The van der Waals surface area contributed by atoms with Crippen LogP contribution in [0.2, 0.25) is 0 Å². The number of benzene rings is 1. The highest BCUT2D eigenvalue weighted by molar-refractivity contribution is 5.88. The van der Waals surface area contributed by atoms with E-state index in [-0.39, 0.29) is 5.56 Å². The van der Waals surface area contributed by atoms with Crippen molar-refractivity contribution in [2.75, 3.05) is 11.9 Å². The van der Waals surface area contributed by atoms with E-state index in [1.54, 1.807) is 6.07 Å². The lowest BCUT2D eigenvalue weighted by Gasteiger charge is -2.06. The number of hydrogen-bond acceptors (Lipinski definition) is 2. The zero-order valence-corrected chi connectivity index (χ0v) is 8.16. The Morgan fingerprint density at radius 3 is 2.80 bits per heavy atom. The number of rotatable bonds is 4. The Labute approximate surface area is 86.9 Å². The van der Waals surface area contributed by atoms with Crippen LogP contribution in [0, 0.1) is 11.7 Å². The molecule has 0 saturated heterocycles. The molecule has 15 heavy (non-hydrogen) atoms. The molecule has 2 N–H and O–H groups in total. The van der Waals surface area contributed by atoms with Crippen molar-refractivity contribution in [3.05, 3.63) is 29.6 Å². The Hall–Kier alpha value is -1.58. The Balaban J connectivity index is 2.06. The average Bonchev–Trinajstić information content (AvgIpc) is 2.97. The first-order valence-corrected chi connectivity index (χ1v) is 4.93. The highest BCUT2D eigenvalue weighted by atomic mass is 19.1. The molecule has 0 spiro atoms. The number of aromatic carboxylic acids is 1. The van der Waals surface area contributed by atoms with Gasteiger partial charge in [0.1, 0.15) is 5.82 Å². The van der Waals surface area contributed by atoms with Crippen LogP contribution in [0.3, 0.4) is 0 Å². The number of anilines is 1. The summed E-state index contributed by atoms with van der Waals surface area (Å²) in [5, 5.41) is 11.7. The summed E-state index contributed by atoms with van der Waals surface area (Å²) in [5.41, 5.74) is 0.358. The zero-order valence-electron chi connectivity index (χ0n) is 8.16. The Morgan fingerprint density at radius 2 is 2.27 bits per heavy atom. The monoisotopic (exact) mass is 209 g/mol. The van der Waals surface area contributed by atoms with Crippen LogP contribution < -0.4 is 5.32 Å². The summed E-state index contributed by atoms with van der Waals surface area (Å²) in [6.45, 7) is 0.839. The van der Waals surface area contributed by atoms with Gasteiger partial charge in [-0.3, -0.25) is 0 Å². The van der Waals surface area contributed by atoms with E-state index >= 15 is 0 Å². The second kappa shape index (κ2) is 3.88. The third-order valence-electron chi connectivity index (χ3n) is 2.49. The van der Waals surface area contributed by atoms with Gasteiger partial charge in [-0.05, 0) is 37.0 Å². The third-order valence-corrected chi connectivity index (χ3v) is 2.49. The summed E-state index contributed by atoms with van der Waals surface area (Å²) < 4.78 is 13.2. The fraction of sp³-hybridized carbons (Fsp3) is 0.364. The van der Waals surface area contributed by atoms with Crippen molar-refractivity contribution in [2.24, 2.45) is 5.92 Å². The fourth-order valence-electron chi connectivity index (χ4n) is 1.38. The van der Waals surface area contributed by atoms with Crippen LogP contribution in [-0.2, 0) is 0 Å². The standard InChI is InChI=1S/C11H12FNO2/c12-10-5-8(13-6-7-1-2-7)3-4-9(10)11(14)15/h3-5,7,13H,1-2,6H2,(H,14,15). The van der Waals surface area contributed by atoms with E-state index in [4.69, 9.17) is 5.11 Å². The van der Waals surface area contributed by atoms with E-state index in [9.17, 15) is 9.18 Å². The number of carboxylic acid groups (broad SMARTS) is 1. The van der Waals surface area contributed by atoms with Crippen molar-refractivity contribution in [2.45, 2.75) is 12.8 Å². The first-order valence-electron chi connectivity index (χ1n) is 4.93. The third kappa shape index (κ3) is 2.46. The fourth-order valence-corrected chi connectivity index (χ4v) is 1.38. The van der Waals surface area contributed by atoms with E-state index in [0.29, 0.717) is 11.6 Å². The van der Waals surface area contributed by atoms with Crippen molar-refractivity contribution < 1.29 is 14.3 Å². The molecule has 0 radical (unpaired) electrons. The summed E-state index contributed by atoms with van der Waals surface area (Å²) >= 11 is 0. The molecule has 1 aliphatic carbocycles. The van der Waals surface area contributed by atoms with Crippen molar-refractivity contribution >= 4 is 11.7 Å². The molecule has 1 aromatic rings. The summed E-state index contributed by atoms with van der Waals surface area (Å²) in [5.74, 6) is -1.23. The topological polar surface area (TPSA) is 49.3 Å². The molecule has 1 aromatic carbocycles. The molecule has 3 nitrogen and oxygen atoms in total. The van der Waals surface area contributed by atoms with Gasteiger partial charge in [0.25, 0.3) is 0 Å². The molecule has 0 heterocycles. The molecule has 1 saturated carbocycles. The number of hydrogen-bond donors (Lipinski definition) is 2. The summed E-state index contributed by atoms with van der Waals surface area (Å²) in [6.07, 6.45) is 2.45. The average molecular weight is 209 g/mol. The van der Waals surface area contributed by atoms with Crippen LogP contribution in [-0.4, -0.2) is 17.6 Å². The van der Waals surface area contributed by atoms with E-state index in [1.807, 2.05) is 0 Å². The number of halogens is 1. The van der Waals surface area contributed by atoms with Gasteiger partial charge in [0.15, 0.2) is 0 Å². The van der Waals surface area contributed by atoms with E-state index in [0.717, 1.165) is 6.54 Å². The highest BCUT2D eigenvalue weighted by Gasteiger charge is 2.20. The van der Waals surface area contributed by atoms with E-state index in [1.165, 1.54) is 25.0 Å². The van der Waals surface area contributed by atoms with Crippen molar-refractivity contribution in [3.8, 4) is 0 Å². The van der Waals surface area contributed by atoms with Gasteiger partial charge in [-0.15, -0.1) is 0 Å². The summed E-state index contributed by atoms with van der Waals surface area (Å²) in [6, 6.07) is 4.10. The van der Waals surface area contributed by atoms with Gasteiger partial charge < -0.3 is 10.4 Å². The maximum atomic E-state index is 13.2. The molecule has 0 amide bonds. The molecule has 0 bridgehead atoms. The lowest BCUT2D eigenvalue weighted by atomic mass is 10.2. The van der Waals surface area contributed by atoms with Gasteiger partial charge in [0.2, 0.25) is 0 Å². The first-order chi connectivity index (χ1) is 7.16. The highest BCUT2D eigenvalue weighted by Crippen LogP contribution is 2.29. The Kier molecular flexibility index (Phi) is 2.58. The van der Waals surface area contributed by atoms with Gasteiger partial charge in [-0.1, -0.05) is 0 Å². The van der Waals surface area contributed by atoms with Gasteiger partial charge in [-0.25, -0.2) is 9.18 Å². The van der Waals surface area contributed by atoms with E-state index < -0.39 is 11.8 Å². The lowest BCUT2D eigenvalue weighted by Crippen LogP contribution is -2.05. The molecule has 1 aliphatic rings. The lowest BCUT2D eigenvalue weighted by molar-refractivity contribution is 0.0692. The van der Waals surface area contributed by atoms with Crippen LogP contribution in [0.25, 0.3) is 0 Å². The minimum absolute atomic E-state index is 0.285. The molecule has 0 unspecified atom stereocenters. The molecule has 0 aromatic heterocycles.